The molecule has 1 aromatic heterocycles. The topological polar surface area (TPSA) is 69.7 Å². The molecule has 27 heavy (non-hydrogen) atoms. The molecular weight excluding hydrogens is 364 g/mol. The first-order valence-electron chi connectivity index (χ1n) is 8.62. The van der Waals surface area contributed by atoms with E-state index in [0.29, 0.717) is 42.0 Å². The fraction of sp³-hybridized carbons (Fsp3) is 0.200. The second-order valence-corrected chi connectivity index (χ2v) is 6.67. The van der Waals surface area contributed by atoms with Crippen molar-refractivity contribution in [3.63, 3.8) is 0 Å². The van der Waals surface area contributed by atoms with E-state index in [1.807, 2.05) is 36.6 Å². The zero-order valence-electron chi connectivity index (χ0n) is 14.7. The van der Waals surface area contributed by atoms with Crippen LogP contribution in [0.4, 0.5) is 5.13 Å². The lowest BCUT2D eigenvalue weighted by molar-refractivity contribution is 0.102. The van der Waals surface area contributed by atoms with E-state index in [4.69, 9.17) is 14.2 Å². The second-order valence-electron chi connectivity index (χ2n) is 5.81. The minimum atomic E-state index is -0.237. The van der Waals surface area contributed by atoms with Crippen LogP contribution in [-0.2, 0) is 0 Å². The number of fused-ring (bicyclic) bond motifs is 1. The molecule has 0 aliphatic carbocycles. The first-order valence-corrected chi connectivity index (χ1v) is 9.50. The number of aromatic nitrogens is 1. The summed E-state index contributed by atoms with van der Waals surface area (Å²) in [5, 5.41) is 5.29. The highest BCUT2D eigenvalue weighted by molar-refractivity contribution is 7.14. The zero-order chi connectivity index (χ0) is 18.6. The van der Waals surface area contributed by atoms with Crippen LogP contribution in [0.1, 0.15) is 17.3 Å². The number of rotatable bonds is 5. The van der Waals surface area contributed by atoms with Gasteiger partial charge in [-0.25, -0.2) is 4.98 Å². The van der Waals surface area contributed by atoms with Crippen LogP contribution in [0.3, 0.4) is 0 Å². The van der Waals surface area contributed by atoms with E-state index in [2.05, 4.69) is 10.3 Å². The van der Waals surface area contributed by atoms with Crippen LogP contribution in [0.5, 0.6) is 17.2 Å². The maximum absolute atomic E-state index is 12.5. The van der Waals surface area contributed by atoms with E-state index in [0.717, 1.165) is 17.0 Å². The molecule has 138 valence electrons. The molecule has 1 aliphatic rings. The van der Waals surface area contributed by atoms with Crippen LogP contribution in [0.25, 0.3) is 11.3 Å². The predicted octanol–water partition coefficient (Wildman–Crippen LogP) is 4.23. The number of thiazole rings is 1. The summed E-state index contributed by atoms with van der Waals surface area (Å²) in [6.07, 6.45) is 0. The van der Waals surface area contributed by atoms with Gasteiger partial charge in [-0.3, -0.25) is 10.1 Å². The summed E-state index contributed by atoms with van der Waals surface area (Å²) >= 11 is 1.38. The highest BCUT2D eigenvalue weighted by Crippen LogP contribution is 2.31. The van der Waals surface area contributed by atoms with E-state index >= 15 is 0 Å². The summed E-state index contributed by atoms with van der Waals surface area (Å²) in [6, 6.07) is 12.9. The monoisotopic (exact) mass is 382 g/mol. The quantitative estimate of drug-likeness (QED) is 0.715. The molecule has 7 heteroatoms. The van der Waals surface area contributed by atoms with Gasteiger partial charge >= 0.3 is 0 Å². The first kappa shape index (κ1) is 17.4. The van der Waals surface area contributed by atoms with Crippen LogP contribution < -0.4 is 19.5 Å². The first-order chi connectivity index (χ1) is 13.2. The minimum Gasteiger partial charge on any atom is -0.494 e. The van der Waals surface area contributed by atoms with Gasteiger partial charge in [0.15, 0.2) is 16.6 Å². The SMILES string of the molecule is CCOc1ccc(-c2csc(NC(=O)c3ccc4c(c3)OCCO4)n2)cc1. The van der Waals surface area contributed by atoms with Gasteiger partial charge in [-0.1, -0.05) is 0 Å². The largest absolute Gasteiger partial charge is 0.494 e. The van der Waals surface area contributed by atoms with Gasteiger partial charge in [-0.15, -0.1) is 11.3 Å². The Hall–Kier alpha value is -3.06. The van der Waals surface area contributed by atoms with Crippen molar-refractivity contribution in [2.24, 2.45) is 0 Å². The third-order valence-corrected chi connectivity index (χ3v) is 4.75. The third-order valence-electron chi connectivity index (χ3n) is 3.99. The Morgan fingerprint density at radius 2 is 1.93 bits per heavy atom. The minimum absolute atomic E-state index is 0.237. The van der Waals surface area contributed by atoms with Gasteiger partial charge in [-0.2, -0.15) is 0 Å². The number of nitrogens with one attached hydrogen (secondary N) is 1. The van der Waals surface area contributed by atoms with Crippen LogP contribution in [0.2, 0.25) is 0 Å². The maximum Gasteiger partial charge on any atom is 0.257 e. The van der Waals surface area contributed by atoms with Gasteiger partial charge in [0, 0.05) is 16.5 Å². The molecule has 0 atom stereocenters. The number of benzene rings is 2. The summed E-state index contributed by atoms with van der Waals surface area (Å²) in [5.74, 6) is 1.83. The summed E-state index contributed by atoms with van der Waals surface area (Å²) in [5.41, 5.74) is 2.27. The number of hydrogen-bond acceptors (Lipinski definition) is 6. The van der Waals surface area contributed by atoms with Crippen LogP contribution in [0.15, 0.2) is 47.8 Å². The highest BCUT2D eigenvalue weighted by Gasteiger charge is 2.16. The van der Waals surface area contributed by atoms with Crippen molar-refractivity contribution in [1.29, 1.82) is 0 Å². The van der Waals surface area contributed by atoms with E-state index in [9.17, 15) is 4.79 Å². The average Bonchev–Trinajstić information content (AvgIpc) is 3.17. The normalized spacial score (nSPS) is 12.5. The number of carbonyl (C=O) groups excluding carboxylic acids is 1. The maximum atomic E-state index is 12.5. The lowest BCUT2D eigenvalue weighted by Gasteiger charge is -2.18. The number of carbonyl (C=O) groups is 1. The Balaban J connectivity index is 1.46. The summed E-state index contributed by atoms with van der Waals surface area (Å²) in [6.45, 7) is 3.58. The highest BCUT2D eigenvalue weighted by atomic mass is 32.1. The summed E-state index contributed by atoms with van der Waals surface area (Å²) < 4.78 is 16.5. The Kier molecular flexibility index (Phi) is 4.93. The Morgan fingerprint density at radius 3 is 2.70 bits per heavy atom. The van der Waals surface area contributed by atoms with Crippen molar-refractivity contribution in [3.8, 4) is 28.5 Å². The smallest absolute Gasteiger partial charge is 0.257 e. The number of amides is 1. The molecule has 0 spiro atoms. The summed E-state index contributed by atoms with van der Waals surface area (Å²) in [7, 11) is 0. The van der Waals surface area contributed by atoms with Crippen LogP contribution in [0, 0.1) is 0 Å². The number of anilines is 1. The molecule has 1 N–H and O–H groups in total. The molecule has 4 rings (SSSR count). The lowest BCUT2D eigenvalue weighted by Crippen LogP contribution is -2.17. The van der Waals surface area contributed by atoms with Gasteiger partial charge in [-0.05, 0) is 49.4 Å². The molecule has 6 nitrogen and oxygen atoms in total. The van der Waals surface area contributed by atoms with Crippen LogP contribution in [-0.4, -0.2) is 30.7 Å². The van der Waals surface area contributed by atoms with E-state index in [1.54, 1.807) is 18.2 Å². The van der Waals surface area contributed by atoms with E-state index < -0.39 is 0 Å². The number of nitrogens with zero attached hydrogens (tertiary/aromatic N) is 1. The summed E-state index contributed by atoms with van der Waals surface area (Å²) in [4.78, 5) is 17.0. The van der Waals surface area contributed by atoms with Crippen molar-refractivity contribution >= 4 is 22.4 Å². The molecule has 0 bridgehead atoms. The fourth-order valence-electron chi connectivity index (χ4n) is 2.71. The predicted molar refractivity (Wildman–Crippen MR) is 104 cm³/mol. The zero-order valence-corrected chi connectivity index (χ0v) is 15.5. The molecule has 2 heterocycles. The molecule has 0 saturated carbocycles. The van der Waals surface area contributed by atoms with Crippen molar-refractivity contribution in [2.75, 3.05) is 25.1 Å². The molecule has 1 amide bonds. The van der Waals surface area contributed by atoms with Crippen molar-refractivity contribution in [3.05, 3.63) is 53.4 Å². The Morgan fingerprint density at radius 1 is 1.15 bits per heavy atom. The average molecular weight is 382 g/mol. The molecule has 2 aromatic carbocycles. The molecule has 0 radical (unpaired) electrons. The van der Waals surface area contributed by atoms with Crippen molar-refractivity contribution < 1.29 is 19.0 Å². The lowest BCUT2D eigenvalue weighted by atomic mass is 10.2. The number of hydrogen-bond donors (Lipinski definition) is 1. The molecule has 1 aliphatic heterocycles. The fourth-order valence-corrected chi connectivity index (χ4v) is 3.42. The van der Waals surface area contributed by atoms with Crippen LogP contribution >= 0.6 is 11.3 Å². The Bertz CT molecular complexity index is 953. The standard InChI is InChI=1S/C20H18N2O4S/c1-2-24-15-6-3-13(4-7-15)16-12-27-20(21-16)22-19(23)14-5-8-17-18(11-14)26-10-9-25-17/h3-8,11-12H,2,9-10H2,1H3,(H,21,22,23). The molecule has 0 fully saturated rings. The number of ether oxygens (including phenoxy) is 3. The Labute approximate surface area is 160 Å². The second kappa shape index (κ2) is 7.67. The molecule has 0 unspecified atom stereocenters. The van der Waals surface area contributed by atoms with Gasteiger partial charge in [0.2, 0.25) is 0 Å². The van der Waals surface area contributed by atoms with Crippen molar-refractivity contribution in [2.45, 2.75) is 6.92 Å². The molecular formula is C20H18N2O4S. The molecule has 3 aromatic rings. The van der Waals surface area contributed by atoms with Crippen molar-refractivity contribution in [1.82, 2.24) is 4.98 Å². The van der Waals surface area contributed by atoms with Gasteiger partial charge < -0.3 is 14.2 Å². The van der Waals surface area contributed by atoms with Gasteiger partial charge in [0.05, 0.1) is 12.3 Å². The molecule has 0 saturated heterocycles. The van der Waals surface area contributed by atoms with Gasteiger partial charge in [0.1, 0.15) is 19.0 Å². The van der Waals surface area contributed by atoms with E-state index in [1.165, 1.54) is 11.3 Å². The third kappa shape index (κ3) is 3.88. The van der Waals surface area contributed by atoms with Gasteiger partial charge in [0.25, 0.3) is 5.91 Å². The van der Waals surface area contributed by atoms with E-state index in [-0.39, 0.29) is 5.91 Å².